The Hall–Kier alpha value is -2.27. The van der Waals surface area contributed by atoms with Crippen molar-refractivity contribution in [2.45, 2.75) is 34.1 Å². The number of ether oxygens (including phenoxy) is 1. The zero-order valence-electron chi connectivity index (χ0n) is 17.5. The molecule has 0 heterocycles. The molecular weight excluding hydrogens is 376 g/mol. The van der Waals surface area contributed by atoms with Crippen LogP contribution in [0.4, 0.5) is 0 Å². The summed E-state index contributed by atoms with van der Waals surface area (Å²) in [5.41, 5.74) is 1.38. The lowest BCUT2D eigenvalue weighted by molar-refractivity contribution is -0.130. The minimum Gasteiger partial charge on any atom is -0.497 e. The van der Waals surface area contributed by atoms with Crippen molar-refractivity contribution in [3.05, 3.63) is 47.6 Å². The van der Waals surface area contributed by atoms with Crippen molar-refractivity contribution in [1.29, 1.82) is 0 Å². The van der Waals surface area contributed by atoms with E-state index < -0.39 is 0 Å². The lowest BCUT2D eigenvalue weighted by atomic mass is 10.1. The van der Waals surface area contributed by atoms with Gasteiger partial charge in [-0.05, 0) is 63.1 Å². The Kier molecular flexibility index (Phi) is 10.4. The van der Waals surface area contributed by atoms with Crippen LogP contribution in [0.15, 0.2) is 42.0 Å². The number of benzene rings is 1. The quantitative estimate of drug-likeness (QED) is 0.429. The van der Waals surface area contributed by atoms with E-state index in [1.165, 1.54) is 6.08 Å². The summed E-state index contributed by atoms with van der Waals surface area (Å²) in [6, 6.07) is 7.30. The van der Waals surface area contributed by atoms with Gasteiger partial charge in [-0.15, -0.1) is 0 Å². The SMILES string of the molecule is CCN(CC)C(=O)/C=C/C(CC(=O)N(CC)CC)=C(/Cl)c1ccc(OC)cc1. The van der Waals surface area contributed by atoms with Crippen LogP contribution in [0.1, 0.15) is 39.7 Å². The third-order valence-electron chi connectivity index (χ3n) is 4.59. The molecule has 0 aliphatic heterocycles. The maximum absolute atomic E-state index is 12.6. The third-order valence-corrected chi connectivity index (χ3v) is 5.05. The van der Waals surface area contributed by atoms with Gasteiger partial charge in [-0.1, -0.05) is 17.7 Å². The Morgan fingerprint density at radius 3 is 1.93 bits per heavy atom. The van der Waals surface area contributed by atoms with Crippen molar-refractivity contribution in [2.24, 2.45) is 0 Å². The lowest BCUT2D eigenvalue weighted by Crippen LogP contribution is -2.30. The summed E-state index contributed by atoms with van der Waals surface area (Å²) in [6.07, 6.45) is 3.28. The van der Waals surface area contributed by atoms with E-state index in [0.29, 0.717) is 36.8 Å². The second-order valence-corrected chi connectivity index (χ2v) is 6.53. The predicted molar refractivity (Wildman–Crippen MR) is 115 cm³/mol. The number of allylic oxidation sites excluding steroid dienone is 1. The number of amides is 2. The highest BCUT2D eigenvalue weighted by Crippen LogP contribution is 2.28. The Labute approximate surface area is 173 Å². The van der Waals surface area contributed by atoms with Gasteiger partial charge in [-0.3, -0.25) is 9.59 Å². The second-order valence-electron chi connectivity index (χ2n) is 6.15. The van der Waals surface area contributed by atoms with Crippen molar-refractivity contribution in [3.8, 4) is 5.75 Å². The Bertz CT molecular complexity index is 703. The fourth-order valence-electron chi connectivity index (χ4n) is 2.80. The molecular formula is C22H31ClN2O3. The maximum Gasteiger partial charge on any atom is 0.246 e. The molecule has 0 bridgehead atoms. The number of methoxy groups -OCH3 is 1. The van der Waals surface area contributed by atoms with Gasteiger partial charge >= 0.3 is 0 Å². The highest BCUT2D eigenvalue weighted by molar-refractivity contribution is 6.49. The molecule has 1 aromatic carbocycles. The number of carbonyl (C=O) groups excluding carboxylic acids is 2. The van der Waals surface area contributed by atoms with Crippen LogP contribution in [-0.2, 0) is 9.59 Å². The number of carbonyl (C=O) groups is 2. The number of likely N-dealkylation sites (N-methyl/N-ethyl adjacent to an activating group) is 1. The molecule has 154 valence electrons. The summed E-state index contributed by atoms with van der Waals surface area (Å²) in [7, 11) is 1.60. The molecule has 0 atom stereocenters. The average Bonchev–Trinajstić information content (AvgIpc) is 2.72. The van der Waals surface area contributed by atoms with Gasteiger partial charge in [0.05, 0.1) is 18.6 Å². The first-order valence-electron chi connectivity index (χ1n) is 9.69. The van der Waals surface area contributed by atoms with Crippen molar-refractivity contribution >= 4 is 28.4 Å². The first-order valence-corrected chi connectivity index (χ1v) is 10.1. The number of hydrogen-bond donors (Lipinski definition) is 0. The smallest absolute Gasteiger partial charge is 0.246 e. The molecule has 0 saturated carbocycles. The van der Waals surface area contributed by atoms with Crippen LogP contribution in [-0.4, -0.2) is 54.9 Å². The zero-order chi connectivity index (χ0) is 21.1. The molecule has 5 nitrogen and oxygen atoms in total. The molecule has 0 unspecified atom stereocenters. The number of nitrogens with zero attached hydrogens (tertiary/aromatic N) is 2. The van der Waals surface area contributed by atoms with E-state index in [0.717, 1.165) is 11.3 Å². The first-order chi connectivity index (χ1) is 13.4. The first kappa shape index (κ1) is 23.8. The Morgan fingerprint density at radius 1 is 0.929 bits per heavy atom. The molecule has 2 amide bonds. The molecule has 0 spiro atoms. The van der Waals surface area contributed by atoms with Crippen molar-refractivity contribution in [3.63, 3.8) is 0 Å². The second kappa shape index (κ2) is 12.2. The van der Waals surface area contributed by atoms with Crippen LogP contribution in [0.25, 0.3) is 5.03 Å². The average molecular weight is 407 g/mol. The number of halogens is 1. The summed E-state index contributed by atoms with van der Waals surface area (Å²) in [4.78, 5) is 28.4. The third kappa shape index (κ3) is 6.71. The summed E-state index contributed by atoms with van der Waals surface area (Å²) in [5.74, 6) is 0.602. The largest absolute Gasteiger partial charge is 0.497 e. The summed E-state index contributed by atoms with van der Waals surface area (Å²) in [5, 5.41) is 0.451. The lowest BCUT2D eigenvalue weighted by Gasteiger charge is -2.20. The van der Waals surface area contributed by atoms with E-state index in [1.54, 1.807) is 23.0 Å². The van der Waals surface area contributed by atoms with Gasteiger partial charge in [0.2, 0.25) is 11.8 Å². The fourth-order valence-corrected chi connectivity index (χ4v) is 3.05. The van der Waals surface area contributed by atoms with E-state index in [1.807, 2.05) is 52.0 Å². The molecule has 0 saturated heterocycles. The van der Waals surface area contributed by atoms with E-state index in [4.69, 9.17) is 16.3 Å². The van der Waals surface area contributed by atoms with Crippen LogP contribution in [0.3, 0.4) is 0 Å². The minimum absolute atomic E-state index is 0.0217. The summed E-state index contributed by atoms with van der Waals surface area (Å²) in [6.45, 7) is 10.3. The molecule has 1 aromatic rings. The highest BCUT2D eigenvalue weighted by atomic mass is 35.5. The molecule has 6 heteroatoms. The van der Waals surface area contributed by atoms with Gasteiger partial charge in [-0.25, -0.2) is 0 Å². The fraction of sp³-hybridized carbons (Fsp3) is 0.455. The van der Waals surface area contributed by atoms with Gasteiger partial charge < -0.3 is 14.5 Å². The molecule has 0 aromatic heterocycles. The number of hydrogen-bond acceptors (Lipinski definition) is 3. The normalized spacial score (nSPS) is 11.9. The molecule has 0 radical (unpaired) electrons. The standard InChI is InChI=1S/C22H31ClN2O3/c1-6-24(7-2)20(26)15-12-18(16-21(27)25(8-3)9-4)22(23)17-10-13-19(28-5)14-11-17/h10-15H,6-9,16H2,1-5H3/b15-12+,22-18-. The van der Waals surface area contributed by atoms with Gasteiger partial charge in [-0.2, -0.15) is 0 Å². The van der Waals surface area contributed by atoms with Gasteiger partial charge in [0.15, 0.2) is 0 Å². The van der Waals surface area contributed by atoms with Crippen molar-refractivity contribution < 1.29 is 14.3 Å². The zero-order valence-corrected chi connectivity index (χ0v) is 18.3. The molecule has 0 N–H and O–H groups in total. The van der Waals surface area contributed by atoms with Crippen LogP contribution in [0.5, 0.6) is 5.75 Å². The predicted octanol–water partition coefficient (Wildman–Crippen LogP) is 4.33. The van der Waals surface area contributed by atoms with Crippen LogP contribution in [0, 0.1) is 0 Å². The van der Waals surface area contributed by atoms with Gasteiger partial charge in [0.25, 0.3) is 0 Å². The topological polar surface area (TPSA) is 49.9 Å². The Morgan fingerprint density at radius 2 is 1.46 bits per heavy atom. The maximum atomic E-state index is 12.6. The monoisotopic (exact) mass is 406 g/mol. The van der Waals surface area contributed by atoms with Crippen LogP contribution >= 0.6 is 11.6 Å². The minimum atomic E-state index is -0.100. The van der Waals surface area contributed by atoms with Crippen molar-refractivity contribution in [1.82, 2.24) is 9.80 Å². The summed E-state index contributed by atoms with van der Waals surface area (Å²) < 4.78 is 5.18. The molecule has 28 heavy (non-hydrogen) atoms. The van der Waals surface area contributed by atoms with Gasteiger partial charge in [0.1, 0.15) is 5.75 Å². The number of rotatable bonds is 10. The molecule has 0 fully saturated rings. The molecule has 0 aliphatic carbocycles. The van der Waals surface area contributed by atoms with Gasteiger partial charge in [0, 0.05) is 32.3 Å². The van der Waals surface area contributed by atoms with E-state index >= 15 is 0 Å². The summed E-state index contributed by atoms with van der Waals surface area (Å²) >= 11 is 6.63. The van der Waals surface area contributed by atoms with Crippen molar-refractivity contribution in [2.75, 3.05) is 33.3 Å². The van der Waals surface area contributed by atoms with E-state index in [2.05, 4.69) is 0 Å². The molecule has 1 rings (SSSR count). The van der Waals surface area contributed by atoms with E-state index in [9.17, 15) is 9.59 Å². The Balaban J connectivity index is 3.24. The highest BCUT2D eigenvalue weighted by Gasteiger charge is 2.15. The molecule has 0 aliphatic rings. The van der Waals surface area contributed by atoms with Crippen LogP contribution < -0.4 is 4.74 Å². The van der Waals surface area contributed by atoms with E-state index in [-0.39, 0.29) is 18.2 Å². The van der Waals surface area contributed by atoms with Crippen LogP contribution in [0.2, 0.25) is 0 Å².